The van der Waals surface area contributed by atoms with Crippen molar-refractivity contribution in [1.29, 1.82) is 0 Å². The second-order valence-corrected chi connectivity index (χ2v) is 8.70. The summed E-state index contributed by atoms with van der Waals surface area (Å²) in [7, 11) is 0. The Morgan fingerprint density at radius 3 is 2.65 bits per heavy atom. The molecule has 1 fully saturated rings. The summed E-state index contributed by atoms with van der Waals surface area (Å²) in [5.74, 6) is 0.492. The largest absolute Gasteiger partial charge is 0.448 e. The number of benzene rings is 2. The van der Waals surface area contributed by atoms with E-state index in [9.17, 15) is 4.79 Å². The van der Waals surface area contributed by atoms with Crippen molar-refractivity contribution in [2.75, 3.05) is 5.32 Å². The van der Waals surface area contributed by atoms with Crippen LogP contribution < -0.4 is 14.8 Å². The highest BCUT2D eigenvalue weighted by Gasteiger charge is 2.44. The zero-order chi connectivity index (χ0) is 21.6. The summed E-state index contributed by atoms with van der Waals surface area (Å²) < 4.78 is 13.7. The van der Waals surface area contributed by atoms with Gasteiger partial charge in [0.15, 0.2) is 11.5 Å². The molecule has 0 saturated heterocycles. The molecular formula is C23H21Cl2N3O3. The fourth-order valence-electron chi connectivity index (χ4n) is 4.19. The number of halogens is 2. The van der Waals surface area contributed by atoms with E-state index in [-0.39, 0.29) is 11.1 Å². The maximum atomic E-state index is 13.0. The molecule has 1 saturated carbocycles. The molecule has 31 heavy (non-hydrogen) atoms. The van der Waals surface area contributed by atoms with E-state index in [1.54, 1.807) is 23.7 Å². The van der Waals surface area contributed by atoms with Crippen molar-refractivity contribution in [3.63, 3.8) is 0 Å². The molecule has 8 heteroatoms. The van der Waals surface area contributed by atoms with Crippen molar-refractivity contribution in [3.8, 4) is 11.5 Å². The van der Waals surface area contributed by atoms with E-state index in [0.717, 1.165) is 31.2 Å². The van der Waals surface area contributed by atoms with Crippen LogP contribution in [0.15, 0.2) is 42.5 Å². The normalized spacial score (nSPS) is 16.1. The van der Waals surface area contributed by atoms with Crippen LogP contribution in [0.2, 0.25) is 10.2 Å². The van der Waals surface area contributed by atoms with Crippen LogP contribution in [-0.2, 0) is 6.54 Å². The van der Waals surface area contributed by atoms with Gasteiger partial charge in [-0.15, -0.1) is 0 Å². The molecule has 3 aromatic rings. The first-order valence-electron chi connectivity index (χ1n) is 10.2. The summed E-state index contributed by atoms with van der Waals surface area (Å²) in [5, 5.41) is 8.22. The third-order valence-corrected chi connectivity index (χ3v) is 6.48. The molecule has 160 valence electrons. The van der Waals surface area contributed by atoms with Gasteiger partial charge in [0.25, 0.3) is 11.7 Å². The molecule has 1 amide bonds. The van der Waals surface area contributed by atoms with E-state index in [0.29, 0.717) is 40.0 Å². The highest BCUT2D eigenvalue weighted by Crippen LogP contribution is 2.47. The number of rotatable bonds is 4. The lowest BCUT2D eigenvalue weighted by molar-refractivity contribution is -0.0716. The Bertz CT molecular complexity index is 1170. The molecule has 0 radical (unpaired) electrons. The highest BCUT2D eigenvalue weighted by molar-refractivity contribution is 6.34. The number of nitrogens with zero attached hydrogens (tertiary/aromatic N) is 2. The summed E-state index contributed by atoms with van der Waals surface area (Å²) >= 11 is 12.8. The van der Waals surface area contributed by atoms with Crippen molar-refractivity contribution in [2.24, 2.45) is 0 Å². The molecular weight excluding hydrogens is 437 g/mol. The fraction of sp³-hybridized carbons (Fsp3) is 0.304. The van der Waals surface area contributed by atoms with E-state index >= 15 is 0 Å². The Labute approximate surface area is 190 Å². The average molecular weight is 458 g/mol. The van der Waals surface area contributed by atoms with Crippen LogP contribution >= 0.6 is 23.2 Å². The van der Waals surface area contributed by atoms with E-state index in [4.69, 9.17) is 32.7 Å². The number of hydrogen-bond acceptors (Lipinski definition) is 4. The molecule has 2 aliphatic rings. The zero-order valence-electron chi connectivity index (χ0n) is 17.0. The summed E-state index contributed by atoms with van der Waals surface area (Å²) in [6, 6.07) is 12.9. The quantitative estimate of drug-likeness (QED) is 0.534. The Balaban J connectivity index is 1.35. The molecule has 0 bridgehead atoms. The molecule has 0 atom stereocenters. The summed E-state index contributed by atoms with van der Waals surface area (Å²) in [6.45, 7) is 2.13. The molecule has 1 N–H and O–H groups in total. The minimum atomic E-state index is -0.537. The monoisotopic (exact) mass is 457 g/mol. The number of amides is 1. The lowest BCUT2D eigenvalue weighted by Gasteiger charge is -2.21. The van der Waals surface area contributed by atoms with Crippen LogP contribution in [0.3, 0.4) is 0 Å². The Morgan fingerprint density at radius 1 is 1.13 bits per heavy atom. The molecule has 5 rings (SSSR count). The number of carbonyl (C=O) groups excluding carboxylic acids is 1. The summed E-state index contributed by atoms with van der Waals surface area (Å²) in [4.78, 5) is 13.0. The van der Waals surface area contributed by atoms with Crippen molar-refractivity contribution >= 4 is 34.8 Å². The number of carbonyl (C=O) groups is 1. The third kappa shape index (κ3) is 3.75. The van der Waals surface area contributed by atoms with Gasteiger partial charge in [-0.05, 0) is 43.5 Å². The Morgan fingerprint density at radius 2 is 1.87 bits per heavy atom. The molecule has 6 nitrogen and oxygen atoms in total. The molecule has 1 aliphatic heterocycles. The minimum absolute atomic E-state index is 0.264. The van der Waals surface area contributed by atoms with Gasteiger partial charge in [0.1, 0.15) is 5.15 Å². The van der Waals surface area contributed by atoms with Gasteiger partial charge in [-0.2, -0.15) is 5.10 Å². The zero-order valence-corrected chi connectivity index (χ0v) is 18.5. The lowest BCUT2D eigenvalue weighted by atomic mass is 10.2. The van der Waals surface area contributed by atoms with Gasteiger partial charge in [0.2, 0.25) is 0 Å². The topological polar surface area (TPSA) is 65.4 Å². The first-order chi connectivity index (χ1) is 14.9. The Kier molecular flexibility index (Phi) is 5.07. The predicted molar refractivity (Wildman–Crippen MR) is 119 cm³/mol. The first kappa shape index (κ1) is 20.2. The SMILES string of the molecule is Cc1nn(Cc2ccccc2Cl)c(Cl)c1C(=O)Nc1ccc2c(c1)OC1(CCCC1)O2. The fourth-order valence-corrected chi connectivity index (χ4v) is 4.70. The van der Waals surface area contributed by atoms with Crippen LogP contribution in [0.25, 0.3) is 0 Å². The van der Waals surface area contributed by atoms with Gasteiger partial charge in [0, 0.05) is 29.6 Å². The van der Waals surface area contributed by atoms with Crippen LogP contribution in [0.4, 0.5) is 5.69 Å². The van der Waals surface area contributed by atoms with Crippen LogP contribution in [0, 0.1) is 6.92 Å². The number of anilines is 1. The number of nitrogens with one attached hydrogen (secondary N) is 1. The van der Waals surface area contributed by atoms with Crippen LogP contribution in [0.5, 0.6) is 11.5 Å². The number of aryl methyl sites for hydroxylation is 1. The minimum Gasteiger partial charge on any atom is -0.448 e. The van der Waals surface area contributed by atoms with Gasteiger partial charge < -0.3 is 14.8 Å². The van der Waals surface area contributed by atoms with Gasteiger partial charge in [-0.25, -0.2) is 4.68 Å². The van der Waals surface area contributed by atoms with Gasteiger partial charge >= 0.3 is 0 Å². The molecule has 1 spiro atoms. The summed E-state index contributed by atoms with van der Waals surface area (Å²) in [5.41, 5.74) is 2.35. The molecule has 1 aromatic heterocycles. The van der Waals surface area contributed by atoms with E-state index < -0.39 is 5.79 Å². The van der Waals surface area contributed by atoms with Crippen molar-refractivity contribution in [2.45, 2.75) is 44.9 Å². The second kappa shape index (κ2) is 7.77. The van der Waals surface area contributed by atoms with Crippen LogP contribution in [0.1, 0.15) is 47.3 Å². The standard InChI is InChI=1S/C23H21Cl2N3O3/c1-14-20(21(25)28(27-14)13-15-6-2-3-7-17(15)24)22(29)26-16-8-9-18-19(12-16)31-23(30-18)10-4-5-11-23/h2-3,6-9,12H,4-5,10-11,13H2,1H3,(H,26,29). The predicted octanol–water partition coefficient (Wildman–Crippen LogP) is 5.84. The summed E-state index contributed by atoms with van der Waals surface area (Å²) in [6.07, 6.45) is 3.94. The van der Waals surface area contributed by atoms with E-state index in [2.05, 4.69) is 10.4 Å². The van der Waals surface area contributed by atoms with Gasteiger partial charge in [-0.1, -0.05) is 41.4 Å². The lowest BCUT2D eigenvalue weighted by Crippen LogP contribution is -2.34. The van der Waals surface area contributed by atoms with E-state index in [1.807, 2.05) is 30.3 Å². The molecule has 2 heterocycles. The maximum absolute atomic E-state index is 13.0. The van der Waals surface area contributed by atoms with Crippen LogP contribution in [-0.4, -0.2) is 21.5 Å². The molecule has 0 unspecified atom stereocenters. The second-order valence-electron chi connectivity index (χ2n) is 7.94. The van der Waals surface area contributed by atoms with Gasteiger partial charge in [-0.3, -0.25) is 4.79 Å². The van der Waals surface area contributed by atoms with Crippen molar-refractivity contribution in [3.05, 3.63) is 69.5 Å². The van der Waals surface area contributed by atoms with Crippen molar-refractivity contribution in [1.82, 2.24) is 9.78 Å². The van der Waals surface area contributed by atoms with E-state index in [1.165, 1.54) is 0 Å². The maximum Gasteiger partial charge on any atom is 0.260 e. The van der Waals surface area contributed by atoms with Gasteiger partial charge in [0.05, 0.1) is 17.8 Å². The third-order valence-electron chi connectivity index (χ3n) is 5.73. The number of aromatic nitrogens is 2. The highest BCUT2D eigenvalue weighted by atomic mass is 35.5. The smallest absolute Gasteiger partial charge is 0.260 e. The number of fused-ring (bicyclic) bond motifs is 1. The number of hydrogen-bond donors (Lipinski definition) is 1. The van der Waals surface area contributed by atoms with Crippen molar-refractivity contribution < 1.29 is 14.3 Å². The molecule has 1 aliphatic carbocycles. The Hall–Kier alpha value is -2.70. The number of ether oxygens (including phenoxy) is 2. The first-order valence-corrected chi connectivity index (χ1v) is 11.0. The average Bonchev–Trinajstić information content (AvgIpc) is 3.41. The molecule has 2 aromatic carbocycles.